The molecule has 7 heteroatoms. The Morgan fingerprint density at radius 3 is 2.33 bits per heavy atom. The Labute approximate surface area is 160 Å². The molecule has 0 aliphatic carbocycles. The van der Waals surface area contributed by atoms with Crippen LogP contribution in [0.25, 0.3) is 0 Å². The predicted octanol–water partition coefficient (Wildman–Crippen LogP) is 3.62. The molecule has 1 rings (SSSR count). The SMILES string of the molecule is CCC(Cc1ccc(O)c(CNC(=O)OC(C)(C)C)c1)(OC(C)C)C(=O)O. The van der Waals surface area contributed by atoms with Crippen molar-refractivity contribution in [3.8, 4) is 5.75 Å². The molecule has 1 atom stereocenters. The van der Waals surface area contributed by atoms with Gasteiger partial charge in [0.2, 0.25) is 0 Å². The summed E-state index contributed by atoms with van der Waals surface area (Å²) in [5.74, 6) is -1.02. The number of aliphatic carboxylic acids is 1. The maximum Gasteiger partial charge on any atom is 0.407 e. The summed E-state index contributed by atoms with van der Waals surface area (Å²) in [5, 5.41) is 22.3. The summed E-state index contributed by atoms with van der Waals surface area (Å²) < 4.78 is 10.9. The van der Waals surface area contributed by atoms with Gasteiger partial charge in [-0.2, -0.15) is 0 Å². The van der Waals surface area contributed by atoms with Crippen LogP contribution in [0.2, 0.25) is 0 Å². The highest BCUT2D eigenvalue weighted by molar-refractivity contribution is 5.78. The van der Waals surface area contributed by atoms with Crippen LogP contribution in [0.3, 0.4) is 0 Å². The first-order valence-electron chi connectivity index (χ1n) is 9.07. The molecule has 1 amide bonds. The van der Waals surface area contributed by atoms with Crippen molar-refractivity contribution in [2.75, 3.05) is 0 Å². The van der Waals surface area contributed by atoms with E-state index >= 15 is 0 Å². The normalized spacial score (nSPS) is 13.9. The zero-order chi connectivity index (χ0) is 20.8. The molecule has 0 aliphatic rings. The van der Waals surface area contributed by atoms with E-state index in [9.17, 15) is 19.8 Å². The lowest BCUT2D eigenvalue weighted by molar-refractivity contribution is -0.172. The molecular formula is C20H31NO6. The Morgan fingerprint density at radius 1 is 1.22 bits per heavy atom. The van der Waals surface area contributed by atoms with Crippen LogP contribution in [0.15, 0.2) is 18.2 Å². The van der Waals surface area contributed by atoms with Crippen molar-refractivity contribution in [3.63, 3.8) is 0 Å². The highest BCUT2D eigenvalue weighted by atomic mass is 16.6. The van der Waals surface area contributed by atoms with E-state index in [0.717, 1.165) is 0 Å². The number of hydrogen-bond acceptors (Lipinski definition) is 5. The number of aromatic hydroxyl groups is 1. The van der Waals surface area contributed by atoms with E-state index in [4.69, 9.17) is 9.47 Å². The third kappa shape index (κ3) is 7.09. The number of carbonyl (C=O) groups excluding carboxylic acids is 1. The van der Waals surface area contributed by atoms with E-state index in [2.05, 4.69) is 5.32 Å². The van der Waals surface area contributed by atoms with E-state index in [1.54, 1.807) is 53.7 Å². The summed E-state index contributed by atoms with van der Waals surface area (Å²) >= 11 is 0. The van der Waals surface area contributed by atoms with Gasteiger partial charge in [0, 0.05) is 18.5 Å². The lowest BCUT2D eigenvalue weighted by atomic mass is 9.90. The minimum atomic E-state index is -1.35. The summed E-state index contributed by atoms with van der Waals surface area (Å²) in [6, 6.07) is 4.81. The second-order valence-electron chi connectivity index (χ2n) is 7.81. The van der Waals surface area contributed by atoms with Crippen molar-refractivity contribution in [1.29, 1.82) is 0 Å². The number of phenols is 1. The van der Waals surface area contributed by atoms with Crippen molar-refractivity contribution in [2.24, 2.45) is 0 Å². The van der Waals surface area contributed by atoms with Crippen LogP contribution in [0.1, 0.15) is 59.1 Å². The van der Waals surface area contributed by atoms with Crippen LogP contribution in [0.4, 0.5) is 4.79 Å². The Kier molecular flexibility index (Phi) is 7.65. The molecule has 1 aromatic rings. The van der Waals surface area contributed by atoms with Crippen LogP contribution in [-0.4, -0.2) is 39.6 Å². The van der Waals surface area contributed by atoms with Gasteiger partial charge in [-0.05, 0) is 52.7 Å². The molecule has 0 radical (unpaired) electrons. The zero-order valence-corrected chi connectivity index (χ0v) is 17.0. The largest absolute Gasteiger partial charge is 0.508 e. The second-order valence-corrected chi connectivity index (χ2v) is 7.81. The molecule has 0 aliphatic heterocycles. The number of rotatable bonds is 8. The van der Waals surface area contributed by atoms with Gasteiger partial charge in [0.25, 0.3) is 0 Å². The predicted molar refractivity (Wildman–Crippen MR) is 102 cm³/mol. The summed E-state index contributed by atoms with van der Waals surface area (Å²) in [4.78, 5) is 23.6. The minimum Gasteiger partial charge on any atom is -0.508 e. The van der Waals surface area contributed by atoms with Crippen molar-refractivity contribution in [1.82, 2.24) is 5.32 Å². The lowest BCUT2D eigenvalue weighted by Gasteiger charge is -2.31. The molecule has 1 unspecified atom stereocenters. The molecule has 0 fully saturated rings. The summed E-state index contributed by atoms with van der Waals surface area (Å²) in [5.41, 5.74) is -0.803. The van der Waals surface area contributed by atoms with Gasteiger partial charge < -0.3 is 25.0 Å². The number of amides is 1. The van der Waals surface area contributed by atoms with E-state index in [0.29, 0.717) is 17.5 Å². The van der Waals surface area contributed by atoms with Gasteiger partial charge in [-0.1, -0.05) is 19.1 Å². The molecule has 3 N–H and O–H groups in total. The van der Waals surface area contributed by atoms with Crippen LogP contribution in [0, 0.1) is 0 Å². The van der Waals surface area contributed by atoms with E-state index in [1.807, 2.05) is 0 Å². The molecule has 152 valence electrons. The Balaban J connectivity index is 2.96. The minimum absolute atomic E-state index is 0.0111. The summed E-state index contributed by atoms with van der Waals surface area (Å²) in [6.45, 7) is 10.7. The van der Waals surface area contributed by atoms with E-state index in [-0.39, 0.29) is 24.8 Å². The molecule has 0 aromatic heterocycles. The number of alkyl carbamates (subject to hydrolysis) is 1. The first-order chi connectivity index (χ1) is 12.4. The van der Waals surface area contributed by atoms with Crippen LogP contribution < -0.4 is 5.32 Å². The van der Waals surface area contributed by atoms with Gasteiger partial charge in [0.1, 0.15) is 11.4 Å². The van der Waals surface area contributed by atoms with Crippen molar-refractivity contribution < 1.29 is 29.3 Å². The van der Waals surface area contributed by atoms with E-state index in [1.165, 1.54) is 6.07 Å². The van der Waals surface area contributed by atoms with Gasteiger partial charge >= 0.3 is 12.1 Å². The number of benzene rings is 1. The van der Waals surface area contributed by atoms with Crippen molar-refractivity contribution in [2.45, 2.75) is 78.2 Å². The Morgan fingerprint density at radius 2 is 1.85 bits per heavy atom. The standard InChI is InChI=1S/C20H31NO6/c1-7-20(17(23)24,26-13(2)3)11-14-8-9-16(22)15(10-14)12-21-18(25)27-19(4,5)6/h8-10,13,22H,7,11-12H2,1-6H3,(H,21,25)(H,23,24). The number of nitrogens with one attached hydrogen (secondary N) is 1. The zero-order valence-electron chi connectivity index (χ0n) is 17.0. The number of phenolic OH excluding ortho intramolecular Hbond substituents is 1. The van der Waals surface area contributed by atoms with Gasteiger partial charge in [0.05, 0.1) is 6.10 Å². The molecule has 0 bridgehead atoms. The Bertz CT molecular complexity index is 665. The third-order valence-electron chi connectivity index (χ3n) is 3.88. The topological polar surface area (TPSA) is 105 Å². The van der Waals surface area contributed by atoms with Gasteiger partial charge in [-0.3, -0.25) is 0 Å². The fraction of sp³-hybridized carbons (Fsp3) is 0.600. The van der Waals surface area contributed by atoms with Crippen LogP contribution in [0.5, 0.6) is 5.75 Å². The average Bonchev–Trinajstić information content (AvgIpc) is 2.52. The highest BCUT2D eigenvalue weighted by Crippen LogP contribution is 2.27. The number of ether oxygens (including phenoxy) is 2. The quantitative estimate of drug-likeness (QED) is 0.635. The molecule has 27 heavy (non-hydrogen) atoms. The first kappa shape index (κ1) is 22.8. The van der Waals surface area contributed by atoms with Gasteiger partial charge in [-0.15, -0.1) is 0 Å². The number of carboxylic acid groups (broad SMARTS) is 1. The second kappa shape index (κ2) is 9.08. The number of carbonyl (C=O) groups is 2. The molecular weight excluding hydrogens is 350 g/mol. The fourth-order valence-corrected chi connectivity index (χ4v) is 2.68. The number of hydrogen-bond donors (Lipinski definition) is 3. The van der Waals surface area contributed by atoms with Gasteiger partial charge in [-0.25, -0.2) is 9.59 Å². The monoisotopic (exact) mass is 381 g/mol. The molecule has 0 heterocycles. The molecule has 0 spiro atoms. The summed E-state index contributed by atoms with van der Waals surface area (Å²) in [7, 11) is 0. The molecule has 7 nitrogen and oxygen atoms in total. The molecule has 1 aromatic carbocycles. The van der Waals surface area contributed by atoms with Gasteiger partial charge in [0.15, 0.2) is 5.60 Å². The van der Waals surface area contributed by atoms with E-state index < -0.39 is 23.3 Å². The first-order valence-corrected chi connectivity index (χ1v) is 9.07. The fourth-order valence-electron chi connectivity index (χ4n) is 2.68. The third-order valence-corrected chi connectivity index (χ3v) is 3.88. The maximum absolute atomic E-state index is 11.8. The van der Waals surface area contributed by atoms with Crippen LogP contribution >= 0.6 is 0 Å². The highest BCUT2D eigenvalue weighted by Gasteiger charge is 2.39. The van der Waals surface area contributed by atoms with Crippen molar-refractivity contribution in [3.05, 3.63) is 29.3 Å². The maximum atomic E-state index is 11.8. The molecule has 0 saturated heterocycles. The number of carboxylic acids is 1. The summed E-state index contributed by atoms with van der Waals surface area (Å²) in [6.07, 6.45) is -0.390. The Hall–Kier alpha value is -2.28. The smallest absolute Gasteiger partial charge is 0.407 e. The molecule has 0 saturated carbocycles. The lowest BCUT2D eigenvalue weighted by Crippen LogP contribution is -2.45. The average molecular weight is 381 g/mol. The van der Waals surface area contributed by atoms with Crippen molar-refractivity contribution >= 4 is 12.1 Å². The van der Waals surface area contributed by atoms with Crippen LogP contribution in [-0.2, 0) is 27.2 Å².